The van der Waals surface area contributed by atoms with Gasteiger partial charge in [-0.2, -0.15) is 5.10 Å². The van der Waals surface area contributed by atoms with Gasteiger partial charge in [-0.25, -0.2) is 14.5 Å². The fourth-order valence-corrected chi connectivity index (χ4v) is 2.93. The minimum Gasteiger partial charge on any atom is -0.304 e. The van der Waals surface area contributed by atoms with Crippen LogP contribution in [0.3, 0.4) is 0 Å². The average Bonchev–Trinajstić information content (AvgIpc) is 3.22. The maximum absolute atomic E-state index is 12.1. The number of halogens is 1. The Balaban J connectivity index is 1.33. The molecular weight excluding hydrogens is 388 g/mol. The van der Waals surface area contributed by atoms with Crippen LogP contribution < -0.4 is 16.2 Å². The van der Waals surface area contributed by atoms with Crippen molar-refractivity contribution >= 4 is 29.0 Å². The largest absolute Gasteiger partial charge is 0.337 e. The van der Waals surface area contributed by atoms with E-state index in [2.05, 4.69) is 26.3 Å². The number of hydrogen-bond donors (Lipinski definition) is 3. The molecule has 144 valence electrons. The molecule has 0 aliphatic rings. The lowest BCUT2D eigenvalue weighted by molar-refractivity contribution is 0.254. The van der Waals surface area contributed by atoms with Crippen LogP contribution in [0.4, 0.5) is 16.2 Å². The predicted molar refractivity (Wildman–Crippen MR) is 114 cm³/mol. The zero-order valence-electron chi connectivity index (χ0n) is 15.2. The van der Waals surface area contributed by atoms with E-state index in [4.69, 9.17) is 11.6 Å². The molecule has 2 aromatic heterocycles. The number of hydrogen-bond acceptors (Lipinski definition) is 4. The molecule has 2 amide bonds. The van der Waals surface area contributed by atoms with E-state index in [9.17, 15) is 4.79 Å². The van der Waals surface area contributed by atoms with E-state index in [0.717, 1.165) is 16.8 Å². The summed E-state index contributed by atoms with van der Waals surface area (Å²) in [7, 11) is 0. The Morgan fingerprint density at radius 1 is 0.897 bits per heavy atom. The predicted octanol–water partition coefficient (Wildman–Crippen LogP) is 4.74. The SMILES string of the molecule is O=C(NNc1ccc(-c2ccccc2)cc1)Nc1cnn(-c2ncccc2Cl)c1. The highest BCUT2D eigenvalue weighted by Gasteiger charge is 2.08. The van der Waals surface area contributed by atoms with E-state index < -0.39 is 6.03 Å². The highest BCUT2D eigenvalue weighted by Crippen LogP contribution is 2.21. The van der Waals surface area contributed by atoms with Crippen LogP contribution in [-0.4, -0.2) is 20.8 Å². The summed E-state index contributed by atoms with van der Waals surface area (Å²) in [4.78, 5) is 16.3. The second-order valence-corrected chi connectivity index (χ2v) is 6.54. The van der Waals surface area contributed by atoms with Crippen LogP contribution >= 0.6 is 11.6 Å². The molecule has 4 rings (SSSR count). The van der Waals surface area contributed by atoms with Crippen molar-refractivity contribution in [2.24, 2.45) is 0 Å². The fourth-order valence-electron chi connectivity index (χ4n) is 2.72. The Morgan fingerprint density at radius 2 is 1.66 bits per heavy atom. The van der Waals surface area contributed by atoms with E-state index >= 15 is 0 Å². The number of anilines is 2. The second kappa shape index (κ2) is 8.45. The third-order valence-corrected chi connectivity index (χ3v) is 4.40. The number of nitrogens with zero attached hydrogens (tertiary/aromatic N) is 3. The Bertz CT molecular complexity index is 1110. The van der Waals surface area contributed by atoms with Gasteiger partial charge in [-0.3, -0.25) is 10.9 Å². The first-order valence-electron chi connectivity index (χ1n) is 8.83. The summed E-state index contributed by atoms with van der Waals surface area (Å²) >= 11 is 6.11. The number of hydrazine groups is 1. The van der Waals surface area contributed by atoms with Gasteiger partial charge in [0.2, 0.25) is 0 Å². The molecule has 0 saturated heterocycles. The van der Waals surface area contributed by atoms with Gasteiger partial charge in [-0.15, -0.1) is 0 Å². The molecule has 4 aromatic rings. The first kappa shape index (κ1) is 18.5. The molecule has 0 saturated carbocycles. The molecule has 0 atom stereocenters. The number of carbonyl (C=O) groups is 1. The van der Waals surface area contributed by atoms with Crippen LogP contribution in [0.15, 0.2) is 85.3 Å². The van der Waals surface area contributed by atoms with Gasteiger partial charge in [0.25, 0.3) is 0 Å². The number of nitrogens with one attached hydrogen (secondary N) is 3. The maximum atomic E-state index is 12.1. The standard InChI is InChI=1S/C21H17ClN6O/c22-19-7-4-12-23-20(19)28-14-18(13-24-28)25-21(29)27-26-17-10-8-16(9-11-17)15-5-2-1-3-6-15/h1-14,26H,(H2,25,27,29). The maximum Gasteiger partial charge on any atom is 0.337 e. The monoisotopic (exact) mass is 404 g/mol. The second-order valence-electron chi connectivity index (χ2n) is 6.13. The third-order valence-electron chi connectivity index (χ3n) is 4.11. The molecule has 29 heavy (non-hydrogen) atoms. The molecule has 0 radical (unpaired) electrons. The van der Waals surface area contributed by atoms with Gasteiger partial charge in [0.15, 0.2) is 5.82 Å². The van der Waals surface area contributed by atoms with Crippen molar-refractivity contribution in [1.29, 1.82) is 0 Å². The van der Waals surface area contributed by atoms with Crippen molar-refractivity contribution in [1.82, 2.24) is 20.2 Å². The van der Waals surface area contributed by atoms with Gasteiger partial charge in [0, 0.05) is 6.20 Å². The van der Waals surface area contributed by atoms with Crippen molar-refractivity contribution in [2.45, 2.75) is 0 Å². The smallest absolute Gasteiger partial charge is 0.304 e. The lowest BCUT2D eigenvalue weighted by atomic mass is 10.1. The van der Waals surface area contributed by atoms with Gasteiger partial charge in [0.05, 0.1) is 28.8 Å². The molecule has 3 N–H and O–H groups in total. The lowest BCUT2D eigenvalue weighted by Gasteiger charge is -2.10. The molecule has 8 heteroatoms. The number of amides is 2. The Labute approximate surface area is 172 Å². The summed E-state index contributed by atoms with van der Waals surface area (Å²) in [6.45, 7) is 0. The number of benzene rings is 2. The highest BCUT2D eigenvalue weighted by molar-refractivity contribution is 6.32. The molecule has 7 nitrogen and oxygen atoms in total. The van der Waals surface area contributed by atoms with Crippen molar-refractivity contribution in [2.75, 3.05) is 10.7 Å². The van der Waals surface area contributed by atoms with Crippen molar-refractivity contribution < 1.29 is 4.79 Å². The van der Waals surface area contributed by atoms with E-state index in [1.165, 1.54) is 10.9 Å². The summed E-state index contributed by atoms with van der Waals surface area (Å²) in [5, 5.41) is 7.32. The van der Waals surface area contributed by atoms with Crippen LogP contribution in [0.1, 0.15) is 0 Å². The van der Waals surface area contributed by atoms with E-state index in [1.54, 1.807) is 24.5 Å². The molecule has 0 aliphatic heterocycles. The zero-order valence-corrected chi connectivity index (χ0v) is 16.0. The molecule has 0 fully saturated rings. The van der Waals surface area contributed by atoms with Crippen LogP contribution in [-0.2, 0) is 0 Å². The van der Waals surface area contributed by atoms with E-state index in [0.29, 0.717) is 16.5 Å². The minimum atomic E-state index is -0.427. The average molecular weight is 405 g/mol. The molecular formula is C21H17ClN6O. The highest BCUT2D eigenvalue weighted by atomic mass is 35.5. The van der Waals surface area contributed by atoms with Crippen LogP contribution in [0.2, 0.25) is 5.02 Å². The first-order chi connectivity index (χ1) is 14.2. The summed E-state index contributed by atoms with van der Waals surface area (Å²) in [5.41, 5.74) is 8.95. The normalized spacial score (nSPS) is 10.4. The molecule has 2 aromatic carbocycles. The number of pyridine rings is 1. The van der Waals surface area contributed by atoms with E-state index in [1.807, 2.05) is 54.6 Å². The summed E-state index contributed by atoms with van der Waals surface area (Å²) in [6.07, 6.45) is 4.76. The molecule has 0 bridgehead atoms. The van der Waals surface area contributed by atoms with Gasteiger partial charge >= 0.3 is 6.03 Å². The first-order valence-corrected chi connectivity index (χ1v) is 9.21. The fraction of sp³-hybridized carbons (Fsp3) is 0. The molecule has 0 spiro atoms. The summed E-state index contributed by atoms with van der Waals surface area (Å²) in [5.74, 6) is 0.485. The summed E-state index contributed by atoms with van der Waals surface area (Å²) in [6, 6.07) is 20.9. The zero-order chi connectivity index (χ0) is 20.1. The summed E-state index contributed by atoms with van der Waals surface area (Å²) < 4.78 is 1.49. The third kappa shape index (κ3) is 4.53. The van der Waals surface area contributed by atoms with E-state index in [-0.39, 0.29) is 0 Å². The molecule has 0 unspecified atom stereocenters. The number of rotatable bonds is 5. The Hall–Kier alpha value is -3.84. The topological polar surface area (TPSA) is 83.9 Å². The van der Waals surface area contributed by atoms with Crippen molar-refractivity contribution in [3.8, 4) is 16.9 Å². The number of carbonyl (C=O) groups excluding carboxylic acids is 1. The van der Waals surface area contributed by atoms with Crippen LogP contribution in [0, 0.1) is 0 Å². The van der Waals surface area contributed by atoms with Gasteiger partial charge < -0.3 is 5.32 Å². The Morgan fingerprint density at radius 3 is 2.41 bits per heavy atom. The van der Waals surface area contributed by atoms with Crippen molar-refractivity contribution in [3.05, 3.63) is 90.3 Å². The number of aromatic nitrogens is 3. The Kier molecular flexibility index (Phi) is 5.40. The van der Waals surface area contributed by atoms with Gasteiger partial charge in [0.1, 0.15) is 0 Å². The van der Waals surface area contributed by atoms with Gasteiger partial charge in [-0.05, 0) is 35.4 Å². The quantitative estimate of drug-likeness (QED) is 0.419. The van der Waals surface area contributed by atoms with Crippen LogP contribution in [0.5, 0.6) is 0 Å². The van der Waals surface area contributed by atoms with Gasteiger partial charge in [-0.1, -0.05) is 54.1 Å². The van der Waals surface area contributed by atoms with Crippen molar-refractivity contribution in [3.63, 3.8) is 0 Å². The molecule has 2 heterocycles. The number of urea groups is 1. The minimum absolute atomic E-state index is 0.427. The van der Waals surface area contributed by atoms with Crippen LogP contribution in [0.25, 0.3) is 16.9 Å². The molecule has 0 aliphatic carbocycles. The lowest BCUT2D eigenvalue weighted by Crippen LogP contribution is -2.33.